The normalized spacial score (nSPS) is 12.1. The first-order valence-corrected chi connectivity index (χ1v) is 13.3. The van der Waals surface area contributed by atoms with Crippen LogP contribution in [0.1, 0.15) is 21.6 Å². The van der Waals surface area contributed by atoms with Gasteiger partial charge in [-0.3, -0.25) is 19.9 Å². The van der Waals surface area contributed by atoms with Gasteiger partial charge < -0.3 is 10.0 Å². The number of rotatable bonds is 6. The van der Waals surface area contributed by atoms with Crippen LogP contribution in [0.25, 0.3) is 27.5 Å². The van der Waals surface area contributed by atoms with Crippen LogP contribution in [0.4, 0.5) is 5.13 Å². The Morgan fingerprint density at radius 2 is 2.08 bits per heavy atom. The monoisotopic (exact) mass is 520 g/mol. The zero-order valence-corrected chi connectivity index (χ0v) is 21.6. The van der Waals surface area contributed by atoms with E-state index in [-0.39, 0.29) is 5.91 Å². The summed E-state index contributed by atoms with van der Waals surface area (Å²) in [5.74, 6) is -0.568. The van der Waals surface area contributed by atoms with Crippen LogP contribution in [-0.4, -0.2) is 68.5 Å². The van der Waals surface area contributed by atoms with E-state index < -0.39 is 12.5 Å². The van der Waals surface area contributed by atoms with Crippen molar-refractivity contribution in [1.82, 2.24) is 24.6 Å². The smallest absolute Gasteiger partial charge is 0.253 e. The summed E-state index contributed by atoms with van der Waals surface area (Å²) in [6.07, 6.45) is 6.95. The first-order chi connectivity index (χ1) is 17.4. The molecule has 1 aliphatic carbocycles. The van der Waals surface area contributed by atoms with Crippen molar-refractivity contribution in [2.24, 2.45) is 0 Å². The number of aryl methyl sites for hydroxylation is 1. The summed E-state index contributed by atoms with van der Waals surface area (Å²) in [4.78, 5) is 36.7. The van der Waals surface area contributed by atoms with Gasteiger partial charge in [0, 0.05) is 48.1 Å². The van der Waals surface area contributed by atoms with E-state index in [9.17, 15) is 9.59 Å². The number of thioether (sulfide) groups is 1. The average Bonchev–Trinajstić information content (AvgIpc) is 3.49. The van der Waals surface area contributed by atoms with E-state index in [1.54, 1.807) is 43.2 Å². The van der Waals surface area contributed by atoms with E-state index >= 15 is 0 Å². The molecular weight excluding hydrogens is 496 g/mol. The van der Waals surface area contributed by atoms with Crippen molar-refractivity contribution in [2.75, 3.05) is 32.3 Å². The van der Waals surface area contributed by atoms with E-state index in [4.69, 9.17) is 10.2 Å². The third-order valence-corrected chi connectivity index (χ3v) is 7.68. The van der Waals surface area contributed by atoms with Crippen molar-refractivity contribution in [3.8, 4) is 27.5 Å². The van der Waals surface area contributed by atoms with E-state index in [0.29, 0.717) is 17.1 Å². The van der Waals surface area contributed by atoms with Gasteiger partial charge in [-0.1, -0.05) is 11.3 Å². The fourth-order valence-electron chi connectivity index (χ4n) is 4.24. The fourth-order valence-corrected chi connectivity index (χ4v) is 5.93. The number of thiazole rings is 1. The van der Waals surface area contributed by atoms with E-state index in [1.807, 2.05) is 41.3 Å². The number of hydrogen-bond donors (Lipinski definition) is 2. The Labute approximate surface area is 216 Å². The summed E-state index contributed by atoms with van der Waals surface area (Å²) in [5, 5.41) is 17.3. The van der Waals surface area contributed by atoms with Crippen LogP contribution in [-0.2, 0) is 17.6 Å². The lowest BCUT2D eigenvalue weighted by Crippen LogP contribution is -2.21. The van der Waals surface area contributed by atoms with Crippen LogP contribution < -0.4 is 5.32 Å². The lowest BCUT2D eigenvalue weighted by molar-refractivity contribution is -0.118. The molecule has 0 saturated carbocycles. The molecule has 0 unspecified atom stereocenters. The van der Waals surface area contributed by atoms with E-state index in [1.165, 1.54) is 11.3 Å². The molecule has 0 saturated heterocycles. The molecule has 0 spiro atoms. The largest absolute Gasteiger partial charge is 0.387 e. The average molecular weight is 521 g/mol. The Balaban J connectivity index is 1.71. The molecule has 3 heterocycles. The number of fused-ring (bicyclic) bond motifs is 3. The van der Waals surface area contributed by atoms with Crippen LogP contribution in [0.2, 0.25) is 0 Å². The second-order valence-corrected chi connectivity index (χ2v) is 10.3. The third-order valence-electron chi connectivity index (χ3n) is 5.89. The maximum Gasteiger partial charge on any atom is 0.253 e. The van der Waals surface area contributed by atoms with E-state index in [2.05, 4.69) is 15.3 Å². The quantitative estimate of drug-likeness (QED) is 0.374. The van der Waals surface area contributed by atoms with Gasteiger partial charge in [0.15, 0.2) is 5.13 Å². The Hall–Kier alpha value is -3.54. The van der Waals surface area contributed by atoms with Crippen molar-refractivity contribution >= 4 is 40.0 Å². The van der Waals surface area contributed by atoms with Gasteiger partial charge in [0.05, 0.1) is 27.6 Å². The summed E-state index contributed by atoms with van der Waals surface area (Å²) in [6.45, 7) is -0.603. The topological polar surface area (TPSA) is 113 Å². The SMILES string of the molecule is CSc1cc(C(=O)N(C)C)ccc1-n1nc(-c2cccnc2)c2c1-c1sc(NC(=O)CO)nc1CC2. The number of carbonyl (C=O) groups excluding carboxylic acids is 2. The summed E-state index contributed by atoms with van der Waals surface area (Å²) >= 11 is 2.91. The minimum Gasteiger partial charge on any atom is -0.387 e. The summed E-state index contributed by atoms with van der Waals surface area (Å²) in [5.41, 5.74) is 6.10. The minimum absolute atomic E-state index is 0.0654. The maximum absolute atomic E-state index is 12.6. The van der Waals surface area contributed by atoms with Crippen LogP contribution in [0.3, 0.4) is 0 Å². The summed E-state index contributed by atoms with van der Waals surface area (Å²) < 4.78 is 1.92. The van der Waals surface area contributed by atoms with Gasteiger partial charge in [-0.15, -0.1) is 11.8 Å². The molecule has 4 aromatic rings. The van der Waals surface area contributed by atoms with Gasteiger partial charge in [-0.2, -0.15) is 5.10 Å². The summed E-state index contributed by atoms with van der Waals surface area (Å²) in [6, 6.07) is 9.51. The molecular formula is C25H24N6O3S2. The molecule has 2 N–H and O–H groups in total. The highest BCUT2D eigenvalue weighted by Gasteiger charge is 2.30. The number of pyridine rings is 1. The Kier molecular flexibility index (Phi) is 6.61. The highest BCUT2D eigenvalue weighted by atomic mass is 32.2. The zero-order chi connectivity index (χ0) is 25.4. The molecule has 3 aromatic heterocycles. The van der Waals surface area contributed by atoms with Crippen LogP contribution >= 0.6 is 23.1 Å². The number of aliphatic hydroxyl groups is 1. The number of nitrogens with one attached hydrogen (secondary N) is 1. The van der Waals surface area contributed by atoms with Crippen molar-refractivity contribution in [2.45, 2.75) is 17.7 Å². The molecule has 0 bridgehead atoms. The number of nitrogens with zero attached hydrogens (tertiary/aromatic N) is 5. The molecule has 11 heteroatoms. The Morgan fingerprint density at radius 1 is 1.25 bits per heavy atom. The second-order valence-electron chi connectivity index (χ2n) is 8.42. The number of anilines is 1. The predicted octanol–water partition coefficient (Wildman–Crippen LogP) is 3.51. The van der Waals surface area contributed by atoms with E-state index in [0.717, 1.165) is 50.1 Å². The lowest BCUT2D eigenvalue weighted by Gasteiger charge is -2.17. The molecule has 5 rings (SSSR count). The fraction of sp³-hybridized carbons (Fsp3) is 0.240. The molecule has 0 fully saturated rings. The van der Waals surface area contributed by atoms with Gasteiger partial charge in [0.2, 0.25) is 0 Å². The van der Waals surface area contributed by atoms with Crippen LogP contribution in [0.5, 0.6) is 0 Å². The van der Waals surface area contributed by atoms with Gasteiger partial charge in [-0.05, 0) is 49.4 Å². The lowest BCUT2D eigenvalue weighted by atomic mass is 9.95. The molecule has 0 aliphatic heterocycles. The van der Waals surface area contributed by atoms with Gasteiger partial charge >= 0.3 is 0 Å². The number of hydrogen-bond acceptors (Lipinski definition) is 8. The molecule has 0 atom stereocenters. The first-order valence-electron chi connectivity index (χ1n) is 11.2. The predicted molar refractivity (Wildman–Crippen MR) is 141 cm³/mol. The molecule has 184 valence electrons. The number of amides is 2. The number of aliphatic hydroxyl groups excluding tert-OH is 1. The Morgan fingerprint density at radius 3 is 2.78 bits per heavy atom. The number of benzene rings is 1. The number of carbonyl (C=O) groups is 2. The Bertz CT molecular complexity index is 1460. The molecule has 2 amide bonds. The van der Waals surface area contributed by atoms with Gasteiger partial charge in [-0.25, -0.2) is 9.67 Å². The summed E-state index contributed by atoms with van der Waals surface area (Å²) in [7, 11) is 3.47. The molecule has 0 radical (unpaired) electrons. The highest BCUT2D eigenvalue weighted by molar-refractivity contribution is 7.98. The second kappa shape index (κ2) is 9.84. The van der Waals surface area contributed by atoms with Crippen molar-refractivity contribution in [3.63, 3.8) is 0 Å². The molecule has 36 heavy (non-hydrogen) atoms. The number of aromatic nitrogens is 4. The van der Waals surface area contributed by atoms with Gasteiger partial charge in [0.1, 0.15) is 6.61 Å². The van der Waals surface area contributed by atoms with Crippen molar-refractivity contribution < 1.29 is 14.7 Å². The van der Waals surface area contributed by atoms with Crippen LogP contribution in [0, 0.1) is 0 Å². The maximum atomic E-state index is 12.6. The standard InChI is InChI=1S/C25H24N6O3S2/c1-30(2)24(34)14-6-9-18(19(11-14)35-3)31-22-16(21(29-31)15-5-4-10-26-12-15)7-8-17-23(22)36-25(27-17)28-20(33)13-32/h4-6,9-12,32H,7-8,13H2,1-3H3,(H,27,28,33). The van der Waals surface area contributed by atoms with Crippen LogP contribution in [0.15, 0.2) is 47.6 Å². The van der Waals surface area contributed by atoms with Crippen molar-refractivity contribution in [1.29, 1.82) is 0 Å². The first kappa shape index (κ1) is 24.2. The molecule has 1 aliphatic rings. The minimum atomic E-state index is -0.603. The molecule has 1 aromatic carbocycles. The third kappa shape index (κ3) is 4.29. The molecule has 9 nitrogen and oxygen atoms in total. The van der Waals surface area contributed by atoms with Gasteiger partial charge in [0.25, 0.3) is 11.8 Å². The van der Waals surface area contributed by atoms with Crippen molar-refractivity contribution in [3.05, 3.63) is 59.5 Å². The highest BCUT2D eigenvalue weighted by Crippen LogP contribution is 2.45. The zero-order valence-electron chi connectivity index (χ0n) is 20.0.